The van der Waals surface area contributed by atoms with Crippen molar-refractivity contribution in [3.63, 3.8) is 0 Å². The highest BCUT2D eigenvalue weighted by atomic mass is 15.3. The first kappa shape index (κ1) is 12.9. The first-order valence-electron chi connectivity index (χ1n) is 7.64. The van der Waals surface area contributed by atoms with E-state index in [2.05, 4.69) is 34.7 Å². The Hall–Kier alpha value is -1.09. The van der Waals surface area contributed by atoms with E-state index in [9.17, 15) is 0 Å². The molecule has 0 atom stereocenters. The molecule has 0 unspecified atom stereocenters. The van der Waals surface area contributed by atoms with E-state index >= 15 is 0 Å². The monoisotopic (exact) mass is 259 g/mol. The Morgan fingerprint density at radius 2 is 1.89 bits per heavy atom. The van der Waals surface area contributed by atoms with Gasteiger partial charge >= 0.3 is 0 Å². The number of rotatable bonds is 4. The van der Waals surface area contributed by atoms with Crippen molar-refractivity contribution in [1.29, 1.82) is 0 Å². The van der Waals surface area contributed by atoms with Crippen LogP contribution in [-0.2, 0) is 0 Å². The van der Waals surface area contributed by atoms with Gasteiger partial charge in [-0.3, -0.25) is 9.88 Å². The van der Waals surface area contributed by atoms with Crippen LogP contribution in [0, 0.1) is 5.92 Å². The van der Waals surface area contributed by atoms with E-state index < -0.39 is 0 Å². The van der Waals surface area contributed by atoms with Gasteiger partial charge in [0.05, 0.1) is 11.9 Å². The van der Waals surface area contributed by atoms with Crippen LogP contribution in [0.2, 0.25) is 0 Å². The van der Waals surface area contributed by atoms with E-state index in [1.54, 1.807) is 0 Å². The minimum atomic E-state index is 0.559. The van der Waals surface area contributed by atoms with Crippen LogP contribution in [0.25, 0.3) is 0 Å². The number of aromatic nitrogens is 1. The summed E-state index contributed by atoms with van der Waals surface area (Å²) in [7, 11) is 0. The summed E-state index contributed by atoms with van der Waals surface area (Å²) in [6.07, 6.45) is 6.93. The lowest BCUT2D eigenvalue weighted by atomic mass is 10.1. The van der Waals surface area contributed by atoms with Crippen molar-refractivity contribution >= 4 is 5.69 Å². The second-order valence-corrected chi connectivity index (χ2v) is 6.36. The van der Waals surface area contributed by atoms with Crippen molar-refractivity contribution in [2.24, 2.45) is 5.92 Å². The first-order valence-corrected chi connectivity index (χ1v) is 7.64. The predicted octanol–water partition coefficient (Wildman–Crippen LogP) is 2.74. The molecular weight excluding hydrogens is 234 g/mol. The zero-order valence-electron chi connectivity index (χ0n) is 12.2. The Kier molecular flexibility index (Phi) is 3.74. The maximum Gasteiger partial charge on any atom is 0.0556 e. The van der Waals surface area contributed by atoms with Crippen molar-refractivity contribution < 1.29 is 0 Å². The number of pyridine rings is 1. The Morgan fingerprint density at radius 3 is 2.53 bits per heavy atom. The predicted molar refractivity (Wildman–Crippen MR) is 79.7 cm³/mol. The molecule has 0 bridgehead atoms. The summed E-state index contributed by atoms with van der Waals surface area (Å²) in [6.45, 7) is 10.5. The van der Waals surface area contributed by atoms with Crippen LogP contribution in [0.1, 0.15) is 38.2 Å². The van der Waals surface area contributed by atoms with Crippen LogP contribution in [0.5, 0.6) is 0 Å². The van der Waals surface area contributed by atoms with Gasteiger partial charge in [-0.25, -0.2) is 0 Å². The van der Waals surface area contributed by atoms with Gasteiger partial charge in [0.2, 0.25) is 0 Å². The zero-order chi connectivity index (χ0) is 13.2. The van der Waals surface area contributed by atoms with E-state index in [1.807, 2.05) is 12.4 Å². The fourth-order valence-corrected chi connectivity index (χ4v) is 2.79. The minimum Gasteiger partial charge on any atom is -0.368 e. The molecular formula is C16H25N3. The average molecular weight is 259 g/mol. The summed E-state index contributed by atoms with van der Waals surface area (Å²) >= 11 is 0. The standard InChI is InChI=1S/C16H25N3/c1-13(2)15-9-16(11-17-10-15)19-7-5-18(6-8-19)12-14-3-4-14/h9-11,13-14H,3-8,12H2,1-2H3. The van der Waals surface area contributed by atoms with Crippen molar-refractivity contribution in [2.45, 2.75) is 32.6 Å². The molecule has 0 N–H and O–H groups in total. The summed E-state index contributed by atoms with van der Waals surface area (Å²) in [5, 5.41) is 0. The summed E-state index contributed by atoms with van der Waals surface area (Å²) < 4.78 is 0. The highest BCUT2D eigenvalue weighted by Gasteiger charge is 2.26. The number of nitrogens with zero attached hydrogens (tertiary/aromatic N) is 3. The van der Waals surface area contributed by atoms with Crippen molar-refractivity contribution in [1.82, 2.24) is 9.88 Å². The Bertz CT molecular complexity index is 418. The fraction of sp³-hybridized carbons (Fsp3) is 0.688. The quantitative estimate of drug-likeness (QED) is 0.829. The molecule has 104 valence electrons. The highest BCUT2D eigenvalue weighted by Crippen LogP contribution is 2.30. The average Bonchev–Trinajstić information content (AvgIpc) is 3.24. The summed E-state index contributed by atoms with van der Waals surface area (Å²) in [5.74, 6) is 1.57. The number of hydrogen-bond donors (Lipinski definition) is 0. The van der Waals surface area contributed by atoms with Gasteiger partial charge in [-0.05, 0) is 36.3 Å². The molecule has 2 aliphatic rings. The van der Waals surface area contributed by atoms with Gasteiger partial charge in [0.25, 0.3) is 0 Å². The lowest BCUT2D eigenvalue weighted by Crippen LogP contribution is -2.47. The zero-order valence-corrected chi connectivity index (χ0v) is 12.2. The van der Waals surface area contributed by atoms with Gasteiger partial charge in [0.15, 0.2) is 0 Å². The molecule has 1 saturated carbocycles. The lowest BCUT2D eigenvalue weighted by Gasteiger charge is -2.36. The molecule has 3 rings (SSSR count). The molecule has 1 aliphatic carbocycles. The molecule has 0 spiro atoms. The van der Waals surface area contributed by atoms with Gasteiger partial charge in [-0.2, -0.15) is 0 Å². The van der Waals surface area contributed by atoms with Crippen molar-refractivity contribution in [3.05, 3.63) is 24.0 Å². The van der Waals surface area contributed by atoms with Gasteiger partial charge in [-0.1, -0.05) is 13.8 Å². The van der Waals surface area contributed by atoms with Crippen molar-refractivity contribution in [2.75, 3.05) is 37.6 Å². The fourth-order valence-electron chi connectivity index (χ4n) is 2.79. The molecule has 3 heteroatoms. The van der Waals surface area contributed by atoms with Crippen molar-refractivity contribution in [3.8, 4) is 0 Å². The molecule has 0 amide bonds. The molecule has 1 aromatic heterocycles. The van der Waals surface area contributed by atoms with Crippen LogP contribution in [0.15, 0.2) is 18.5 Å². The molecule has 1 aromatic rings. The minimum absolute atomic E-state index is 0.559. The third-order valence-corrected chi connectivity index (χ3v) is 4.36. The molecule has 2 heterocycles. The third kappa shape index (κ3) is 3.27. The molecule has 19 heavy (non-hydrogen) atoms. The first-order chi connectivity index (χ1) is 9.22. The second-order valence-electron chi connectivity index (χ2n) is 6.36. The van der Waals surface area contributed by atoms with E-state index in [0.717, 1.165) is 19.0 Å². The van der Waals surface area contributed by atoms with Gasteiger partial charge in [0.1, 0.15) is 0 Å². The van der Waals surface area contributed by atoms with Gasteiger partial charge < -0.3 is 4.90 Å². The molecule has 3 nitrogen and oxygen atoms in total. The van der Waals surface area contributed by atoms with Crippen LogP contribution in [0.3, 0.4) is 0 Å². The summed E-state index contributed by atoms with van der Waals surface area (Å²) in [4.78, 5) is 9.52. The Labute approximate surface area is 116 Å². The van der Waals surface area contributed by atoms with Gasteiger partial charge in [-0.15, -0.1) is 0 Å². The highest BCUT2D eigenvalue weighted by molar-refractivity contribution is 5.47. The van der Waals surface area contributed by atoms with E-state index in [-0.39, 0.29) is 0 Å². The van der Waals surface area contributed by atoms with Crippen LogP contribution in [0.4, 0.5) is 5.69 Å². The van der Waals surface area contributed by atoms with E-state index in [0.29, 0.717) is 5.92 Å². The number of piperazine rings is 1. The second kappa shape index (κ2) is 5.49. The third-order valence-electron chi connectivity index (χ3n) is 4.36. The molecule has 0 aromatic carbocycles. The van der Waals surface area contributed by atoms with Crippen LogP contribution in [-0.4, -0.2) is 42.6 Å². The smallest absolute Gasteiger partial charge is 0.0556 e. The molecule has 2 fully saturated rings. The Morgan fingerprint density at radius 1 is 1.16 bits per heavy atom. The SMILES string of the molecule is CC(C)c1cncc(N2CCN(CC3CC3)CC2)c1. The van der Waals surface area contributed by atoms with E-state index in [4.69, 9.17) is 0 Å². The maximum absolute atomic E-state index is 4.40. The number of hydrogen-bond acceptors (Lipinski definition) is 3. The normalized spacial score (nSPS) is 21.1. The topological polar surface area (TPSA) is 19.4 Å². The van der Waals surface area contributed by atoms with E-state index in [1.165, 1.54) is 43.7 Å². The molecule has 0 radical (unpaired) electrons. The summed E-state index contributed by atoms with van der Waals surface area (Å²) in [6, 6.07) is 2.31. The summed E-state index contributed by atoms with van der Waals surface area (Å²) in [5.41, 5.74) is 2.65. The lowest BCUT2D eigenvalue weighted by molar-refractivity contribution is 0.248. The maximum atomic E-state index is 4.40. The largest absolute Gasteiger partial charge is 0.368 e. The molecule has 1 aliphatic heterocycles. The number of anilines is 1. The Balaban J connectivity index is 1.59. The van der Waals surface area contributed by atoms with Crippen LogP contribution >= 0.6 is 0 Å². The molecule has 1 saturated heterocycles. The van der Waals surface area contributed by atoms with Crippen LogP contribution < -0.4 is 4.90 Å². The van der Waals surface area contributed by atoms with Gasteiger partial charge in [0, 0.05) is 38.9 Å².